The van der Waals surface area contributed by atoms with Crippen LogP contribution >= 0.6 is 31.9 Å². The van der Waals surface area contributed by atoms with E-state index in [-0.39, 0.29) is 32.6 Å². The SMILES string of the molecule is O=C(O)c1nc2c(O)c(Br)ccc2c(O)c1Br. The van der Waals surface area contributed by atoms with E-state index in [1.54, 1.807) is 0 Å². The third-order valence-corrected chi connectivity index (χ3v) is 3.59. The summed E-state index contributed by atoms with van der Waals surface area (Å²) in [5.74, 6) is -1.78. The maximum absolute atomic E-state index is 10.9. The summed E-state index contributed by atoms with van der Waals surface area (Å²) >= 11 is 6.05. The molecule has 5 nitrogen and oxygen atoms in total. The normalized spacial score (nSPS) is 10.7. The summed E-state index contributed by atoms with van der Waals surface area (Å²) in [7, 11) is 0. The van der Waals surface area contributed by atoms with E-state index in [1.807, 2.05) is 0 Å². The largest absolute Gasteiger partial charge is 0.506 e. The summed E-state index contributed by atoms with van der Waals surface area (Å²) in [4.78, 5) is 14.7. The number of carboxylic acid groups (broad SMARTS) is 1. The molecule has 1 heterocycles. The highest BCUT2D eigenvalue weighted by Crippen LogP contribution is 2.39. The molecule has 0 aliphatic rings. The lowest BCUT2D eigenvalue weighted by Gasteiger charge is -2.08. The van der Waals surface area contributed by atoms with E-state index in [0.717, 1.165) is 0 Å². The minimum atomic E-state index is -1.30. The minimum Gasteiger partial charge on any atom is -0.506 e. The van der Waals surface area contributed by atoms with Gasteiger partial charge >= 0.3 is 5.97 Å². The van der Waals surface area contributed by atoms with Crippen molar-refractivity contribution in [2.24, 2.45) is 0 Å². The third kappa shape index (κ3) is 1.85. The lowest BCUT2D eigenvalue weighted by Crippen LogP contribution is -2.02. The van der Waals surface area contributed by atoms with Gasteiger partial charge in [0.25, 0.3) is 0 Å². The molecule has 0 saturated heterocycles. The minimum absolute atomic E-state index is 0.0146. The fraction of sp³-hybridized carbons (Fsp3) is 0. The van der Waals surface area contributed by atoms with Gasteiger partial charge in [0.1, 0.15) is 11.3 Å². The molecule has 0 atom stereocenters. The number of hydrogen-bond acceptors (Lipinski definition) is 4. The number of rotatable bonds is 1. The number of halogens is 2. The Kier molecular flexibility index (Phi) is 2.96. The number of aromatic carboxylic acids is 1. The lowest BCUT2D eigenvalue weighted by molar-refractivity contribution is 0.0689. The molecular formula is C10H5Br2NO4. The molecule has 2 rings (SSSR count). The number of aromatic nitrogens is 1. The Bertz CT molecular complexity index is 642. The predicted molar refractivity (Wildman–Crippen MR) is 67.4 cm³/mol. The highest BCUT2D eigenvalue weighted by atomic mass is 79.9. The molecule has 0 amide bonds. The van der Waals surface area contributed by atoms with Gasteiger partial charge in [0.2, 0.25) is 0 Å². The lowest BCUT2D eigenvalue weighted by atomic mass is 10.1. The first-order valence-electron chi connectivity index (χ1n) is 4.36. The molecule has 7 heteroatoms. The molecular weight excluding hydrogens is 358 g/mol. The molecule has 0 unspecified atom stereocenters. The zero-order valence-electron chi connectivity index (χ0n) is 8.11. The average molecular weight is 363 g/mol. The number of hydrogen-bond donors (Lipinski definition) is 3. The number of nitrogens with zero attached hydrogens (tertiary/aromatic N) is 1. The quantitative estimate of drug-likeness (QED) is 0.725. The molecule has 0 radical (unpaired) electrons. The van der Waals surface area contributed by atoms with Crippen molar-refractivity contribution in [1.29, 1.82) is 0 Å². The van der Waals surface area contributed by atoms with Gasteiger partial charge in [-0.25, -0.2) is 9.78 Å². The molecule has 0 bridgehead atoms. The average Bonchev–Trinajstić information content (AvgIpc) is 2.28. The van der Waals surface area contributed by atoms with Crippen molar-refractivity contribution in [2.75, 3.05) is 0 Å². The number of carboxylic acids is 1. The van der Waals surface area contributed by atoms with Gasteiger partial charge in [0.15, 0.2) is 11.4 Å². The predicted octanol–water partition coefficient (Wildman–Crippen LogP) is 2.87. The van der Waals surface area contributed by atoms with Crippen molar-refractivity contribution in [3.63, 3.8) is 0 Å². The van der Waals surface area contributed by atoms with E-state index in [4.69, 9.17) is 5.11 Å². The fourth-order valence-electron chi connectivity index (χ4n) is 1.39. The first kappa shape index (κ1) is 12.1. The monoisotopic (exact) mass is 361 g/mol. The molecule has 17 heavy (non-hydrogen) atoms. The molecule has 0 saturated carbocycles. The maximum atomic E-state index is 10.9. The summed E-state index contributed by atoms with van der Waals surface area (Å²) < 4.78 is 0.356. The van der Waals surface area contributed by atoms with Gasteiger partial charge in [0, 0.05) is 5.39 Å². The molecule has 0 spiro atoms. The van der Waals surface area contributed by atoms with Gasteiger partial charge in [-0.15, -0.1) is 0 Å². The van der Waals surface area contributed by atoms with E-state index in [2.05, 4.69) is 36.8 Å². The Labute approximate surface area is 112 Å². The van der Waals surface area contributed by atoms with E-state index in [9.17, 15) is 15.0 Å². The van der Waals surface area contributed by atoms with Crippen LogP contribution in [0, 0.1) is 0 Å². The summed E-state index contributed by atoms with van der Waals surface area (Å²) in [6, 6.07) is 3.06. The van der Waals surface area contributed by atoms with Crippen LogP contribution in [0.15, 0.2) is 21.1 Å². The number of phenols is 1. The zero-order chi connectivity index (χ0) is 12.7. The van der Waals surface area contributed by atoms with Crippen molar-refractivity contribution in [1.82, 2.24) is 4.98 Å². The Morgan fingerprint density at radius 2 is 1.82 bits per heavy atom. The van der Waals surface area contributed by atoms with Crippen LogP contribution in [-0.2, 0) is 0 Å². The Morgan fingerprint density at radius 3 is 2.41 bits per heavy atom. The van der Waals surface area contributed by atoms with Gasteiger partial charge in [0.05, 0.1) is 8.95 Å². The summed E-state index contributed by atoms with van der Waals surface area (Å²) in [5.41, 5.74) is -0.333. The smallest absolute Gasteiger partial charge is 0.355 e. The van der Waals surface area contributed by atoms with Crippen molar-refractivity contribution < 1.29 is 20.1 Å². The van der Waals surface area contributed by atoms with Gasteiger partial charge < -0.3 is 15.3 Å². The standard InChI is InChI=1S/C10H5Br2NO4/c11-4-2-1-3-6(9(4)15)13-7(10(16)17)5(12)8(3)14/h1-2,15H,(H,13,14)(H,16,17). The maximum Gasteiger partial charge on any atom is 0.355 e. The van der Waals surface area contributed by atoms with Crippen LogP contribution in [0.3, 0.4) is 0 Å². The Balaban J connectivity index is 2.97. The van der Waals surface area contributed by atoms with Crippen LogP contribution in [0.2, 0.25) is 0 Å². The second kappa shape index (κ2) is 4.15. The van der Waals surface area contributed by atoms with Gasteiger partial charge in [-0.3, -0.25) is 0 Å². The van der Waals surface area contributed by atoms with E-state index >= 15 is 0 Å². The van der Waals surface area contributed by atoms with Crippen molar-refractivity contribution in [2.45, 2.75) is 0 Å². The molecule has 0 fully saturated rings. The molecule has 0 aliphatic heterocycles. The fourth-order valence-corrected chi connectivity index (χ4v) is 2.18. The van der Waals surface area contributed by atoms with Crippen molar-refractivity contribution >= 4 is 48.7 Å². The molecule has 88 valence electrons. The molecule has 1 aromatic heterocycles. The number of pyridine rings is 1. The van der Waals surface area contributed by atoms with Gasteiger partial charge in [-0.05, 0) is 44.0 Å². The van der Waals surface area contributed by atoms with E-state index < -0.39 is 5.97 Å². The second-order valence-electron chi connectivity index (χ2n) is 3.22. The van der Waals surface area contributed by atoms with Crippen LogP contribution in [0.5, 0.6) is 11.5 Å². The topological polar surface area (TPSA) is 90.7 Å². The van der Waals surface area contributed by atoms with Crippen LogP contribution in [-0.4, -0.2) is 26.3 Å². The first-order valence-corrected chi connectivity index (χ1v) is 5.95. The number of carbonyl (C=O) groups is 1. The first-order chi connectivity index (χ1) is 7.93. The van der Waals surface area contributed by atoms with Gasteiger partial charge in [-0.1, -0.05) is 0 Å². The van der Waals surface area contributed by atoms with Crippen LogP contribution in [0.25, 0.3) is 10.9 Å². The second-order valence-corrected chi connectivity index (χ2v) is 4.87. The third-order valence-electron chi connectivity index (χ3n) is 2.20. The van der Waals surface area contributed by atoms with Gasteiger partial charge in [-0.2, -0.15) is 0 Å². The summed E-state index contributed by atoms with van der Waals surface area (Å²) in [5, 5.41) is 28.8. The molecule has 2 aromatic rings. The number of benzene rings is 1. The molecule has 0 aliphatic carbocycles. The Hall–Kier alpha value is -1.34. The molecule has 1 aromatic carbocycles. The Morgan fingerprint density at radius 1 is 1.18 bits per heavy atom. The van der Waals surface area contributed by atoms with E-state index in [0.29, 0.717) is 4.47 Å². The number of fused-ring (bicyclic) bond motifs is 1. The summed E-state index contributed by atoms with van der Waals surface area (Å²) in [6.07, 6.45) is 0. The highest BCUT2D eigenvalue weighted by Gasteiger charge is 2.19. The number of aromatic hydroxyl groups is 2. The zero-order valence-corrected chi connectivity index (χ0v) is 11.3. The van der Waals surface area contributed by atoms with Crippen molar-refractivity contribution in [3.05, 3.63) is 26.8 Å². The summed E-state index contributed by atoms with van der Waals surface area (Å²) in [6.45, 7) is 0. The van der Waals surface area contributed by atoms with Crippen LogP contribution < -0.4 is 0 Å². The highest BCUT2D eigenvalue weighted by molar-refractivity contribution is 9.11. The molecule has 3 N–H and O–H groups in total. The van der Waals surface area contributed by atoms with Crippen molar-refractivity contribution in [3.8, 4) is 11.5 Å². The van der Waals surface area contributed by atoms with E-state index in [1.165, 1.54) is 12.1 Å². The van der Waals surface area contributed by atoms with Crippen LogP contribution in [0.1, 0.15) is 10.5 Å². The number of phenolic OH excluding ortho intramolecular Hbond substituents is 1. The van der Waals surface area contributed by atoms with Crippen LogP contribution in [0.4, 0.5) is 0 Å².